The number of aromatic nitrogens is 3. The van der Waals surface area contributed by atoms with E-state index in [1.807, 2.05) is 37.4 Å². The van der Waals surface area contributed by atoms with Gasteiger partial charge in [0.1, 0.15) is 11.9 Å². The van der Waals surface area contributed by atoms with Crippen molar-refractivity contribution in [1.82, 2.24) is 14.5 Å². The SMILES string of the molecule is Cn1cc(-c2cc3cccnc3[nH]2)c2c1CC=CC(C=O)=C2. The first-order valence-electron chi connectivity index (χ1n) is 7.22. The largest absolute Gasteiger partial charge is 0.353 e. The van der Waals surface area contributed by atoms with E-state index in [0.29, 0.717) is 5.57 Å². The summed E-state index contributed by atoms with van der Waals surface area (Å²) in [4.78, 5) is 18.9. The third-order valence-corrected chi connectivity index (χ3v) is 4.10. The minimum absolute atomic E-state index is 0.695. The predicted octanol–water partition coefficient (Wildman–Crippen LogP) is 3.26. The van der Waals surface area contributed by atoms with Crippen LogP contribution in [0.1, 0.15) is 11.3 Å². The number of carbonyl (C=O) groups excluding carboxylic acids is 1. The van der Waals surface area contributed by atoms with Gasteiger partial charge in [-0.25, -0.2) is 4.98 Å². The zero-order valence-electron chi connectivity index (χ0n) is 12.2. The van der Waals surface area contributed by atoms with Crippen molar-refractivity contribution in [2.24, 2.45) is 7.05 Å². The van der Waals surface area contributed by atoms with E-state index in [2.05, 4.69) is 26.8 Å². The van der Waals surface area contributed by atoms with Gasteiger partial charge in [-0.2, -0.15) is 0 Å². The third kappa shape index (κ3) is 1.92. The number of fused-ring (bicyclic) bond motifs is 2. The zero-order valence-corrected chi connectivity index (χ0v) is 12.2. The molecule has 3 heterocycles. The number of aldehydes is 1. The Hall–Kier alpha value is -2.88. The van der Waals surface area contributed by atoms with Crippen molar-refractivity contribution >= 4 is 23.4 Å². The van der Waals surface area contributed by atoms with E-state index in [1.54, 1.807) is 6.20 Å². The molecule has 1 aliphatic rings. The Balaban J connectivity index is 1.95. The fraction of sp³-hybridized carbons (Fsp3) is 0.111. The molecule has 0 aliphatic heterocycles. The maximum Gasteiger partial charge on any atom is 0.150 e. The summed E-state index contributed by atoms with van der Waals surface area (Å²) in [5, 5.41) is 1.08. The number of hydrogen-bond donors (Lipinski definition) is 1. The van der Waals surface area contributed by atoms with Crippen molar-refractivity contribution in [3.63, 3.8) is 0 Å². The first-order valence-corrected chi connectivity index (χ1v) is 7.22. The van der Waals surface area contributed by atoms with Crippen molar-refractivity contribution in [1.29, 1.82) is 0 Å². The summed E-state index contributed by atoms with van der Waals surface area (Å²) in [5.41, 5.74) is 5.99. The molecule has 108 valence electrons. The standard InChI is InChI=1S/C18H15N3O/c1-21-10-15(14-8-12(11-22)4-2-6-17(14)21)16-9-13-5-3-7-19-18(13)20-16/h2-5,7-11H,6H2,1H3,(H,19,20). The first kappa shape index (κ1) is 12.8. The summed E-state index contributed by atoms with van der Waals surface area (Å²) in [6.07, 6.45) is 11.5. The molecule has 3 aromatic heterocycles. The van der Waals surface area contributed by atoms with E-state index in [-0.39, 0.29) is 0 Å². The van der Waals surface area contributed by atoms with Gasteiger partial charge in [0.2, 0.25) is 0 Å². The lowest BCUT2D eigenvalue weighted by Crippen LogP contribution is -1.93. The molecule has 0 spiro atoms. The number of nitrogens with one attached hydrogen (secondary N) is 1. The van der Waals surface area contributed by atoms with Gasteiger partial charge in [-0.05, 0) is 24.3 Å². The summed E-state index contributed by atoms with van der Waals surface area (Å²) < 4.78 is 2.12. The van der Waals surface area contributed by atoms with Crippen molar-refractivity contribution in [2.45, 2.75) is 6.42 Å². The van der Waals surface area contributed by atoms with Crippen LogP contribution in [-0.4, -0.2) is 20.8 Å². The van der Waals surface area contributed by atoms with Gasteiger partial charge >= 0.3 is 0 Å². The molecule has 1 aliphatic carbocycles. The molecule has 0 saturated carbocycles. The number of aryl methyl sites for hydroxylation is 1. The minimum Gasteiger partial charge on any atom is -0.353 e. The molecule has 0 saturated heterocycles. The number of rotatable bonds is 2. The van der Waals surface area contributed by atoms with Crippen LogP contribution in [0.3, 0.4) is 0 Å². The highest BCUT2D eigenvalue weighted by atomic mass is 16.1. The lowest BCUT2D eigenvalue weighted by atomic mass is 10.1. The fourth-order valence-corrected chi connectivity index (χ4v) is 3.01. The van der Waals surface area contributed by atoms with Crippen LogP contribution < -0.4 is 0 Å². The average Bonchev–Trinajstić information content (AvgIpc) is 3.00. The highest BCUT2D eigenvalue weighted by Crippen LogP contribution is 2.32. The molecule has 4 rings (SSSR count). The van der Waals surface area contributed by atoms with Gasteiger partial charge in [-0.1, -0.05) is 12.2 Å². The maximum atomic E-state index is 11.2. The summed E-state index contributed by atoms with van der Waals surface area (Å²) in [6.45, 7) is 0. The molecule has 0 aromatic carbocycles. The molecule has 22 heavy (non-hydrogen) atoms. The quantitative estimate of drug-likeness (QED) is 0.736. The fourth-order valence-electron chi connectivity index (χ4n) is 3.01. The van der Waals surface area contributed by atoms with Crippen LogP contribution in [0.25, 0.3) is 28.4 Å². The van der Waals surface area contributed by atoms with Crippen molar-refractivity contribution in [3.05, 3.63) is 59.6 Å². The number of H-pyrrole nitrogens is 1. The van der Waals surface area contributed by atoms with Crippen LogP contribution in [0.5, 0.6) is 0 Å². The number of aromatic amines is 1. The molecule has 0 amide bonds. The summed E-state index contributed by atoms with van der Waals surface area (Å²) in [7, 11) is 2.04. The molecule has 0 atom stereocenters. The van der Waals surface area contributed by atoms with Crippen LogP contribution in [0, 0.1) is 0 Å². The monoisotopic (exact) mass is 289 g/mol. The second kappa shape index (κ2) is 4.84. The molecule has 3 aromatic rings. The number of nitrogens with zero attached hydrogens (tertiary/aromatic N) is 2. The molecule has 4 heteroatoms. The molecule has 0 fully saturated rings. The van der Waals surface area contributed by atoms with E-state index in [1.165, 1.54) is 5.69 Å². The highest BCUT2D eigenvalue weighted by Gasteiger charge is 2.17. The second-order valence-corrected chi connectivity index (χ2v) is 5.51. The Kier molecular flexibility index (Phi) is 2.82. The lowest BCUT2D eigenvalue weighted by molar-refractivity contribution is -0.104. The molecule has 0 radical (unpaired) electrons. The van der Waals surface area contributed by atoms with Gasteiger partial charge in [0, 0.05) is 59.3 Å². The van der Waals surface area contributed by atoms with Gasteiger partial charge in [0.15, 0.2) is 0 Å². The molecule has 0 unspecified atom stereocenters. The number of carbonyl (C=O) groups is 1. The molecule has 0 bridgehead atoms. The summed E-state index contributed by atoms with van der Waals surface area (Å²) in [5.74, 6) is 0. The number of allylic oxidation sites excluding steroid dienone is 3. The van der Waals surface area contributed by atoms with Gasteiger partial charge < -0.3 is 9.55 Å². The summed E-state index contributed by atoms with van der Waals surface area (Å²) in [6, 6.07) is 6.07. The third-order valence-electron chi connectivity index (χ3n) is 4.10. The molecular weight excluding hydrogens is 274 g/mol. The normalized spacial score (nSPS) is 13.8. The average molecular weight is 289 g/mol. The van der Waals surface area contributed by atoms with Crippen LogP contribution in [0.4, 0.5) is 0 Å². The van der Waals surface area contributed by atoms with E-state index >= 15 is 0 Å². The zero-order chi connectivity index (χ0) is 15.1. The highest BCUT2D eigenvalue weighted by molar-refractivity contribution is 5.91. The van der Waals surface area contributed by atoms with E-state index < -0.39 is 0 Å². The second-order valence-electron chi connectivity index (χ2n) is 5.51. The summed E-state index contributed by atoms with van der Waals surface area (Å²) >= 11 is 0. The topological polar surface area (TPSA) is 50.7 Å². The van der Waals surface area contributed by atoms with Gasteiger partial charge in [-0.15, -0.1) is 0 Å². The van der Waals surface area contributed by atoms with Crippen molar-refractivity contribution < 1.29 is 4.79 Å². The Morgan fingerprint density at radius 1 is 1.41 bits per heavy atom. The Labute approximate surface area is 127 Å². The minimum atomic E-state index is 0.695. The Morgan fingerprint density at radius 2 is 2.32 bits per heavy atom. The molecule has 4 nitrogen and oxygen atoms in total. The number of pyridine rings is 1. The molecular formula is C18H15N3O. The Morgan fingerprint density at radius 3 is 3.14 bits per heavy atom. The smallest absolute Gasteiger partial charge is 0.150 e. The lowest BCUT2D eigenvalue weighted by Gasteiger charge is -2.01. The van der Waals surface area contributed by atoms with Crippen LogP contribution >= 0.6 is 0 Å². The Bertz CT molecular complexity index is 908. The maximum absolute atomic E-state index is 11.2. The van der Waals surface area contributed by atoms with E-state index in [9.17, 15) is 4.79 Å². The van der Waals surface area contributed by atoms with E-state index in [4.69, 9.17) is 0 Å². The predicted molar refractivity (Wildman–Crippen MR) is 87.4 cm³/mol. The van der Waals surface area contributed by atoms with Crippen LogP contribution in [0.2, 0.25) is 0 Å². The van der Waals surface area contributed by atoms with Gasteiger partial charge in [0.05, 0.1) is 0 Å². The first-order chi connectivity index (χ1) is 10.8. The van der Waals surface area contributed by atoms with Gasteiger partial charge in [0.25, 0.3) is 0 Å². The van der Waals surface area contributed by atoms with Crippen LogP contribution in [-0.2, 0) is 18.3 Å². The van der Waals surface area contributed by atoms with Crippen LogP contribution in [0.15, 0.2) is 48.3 Å². The van der Waals surface area contributed by atoms with E-state index in [0.717, 1.165) is 40.6 Å². The van der Waals surface area contributed by atoms with Crippen molar-refractivity contribution in [3.8, 4) is 11.3 Å². The van der Waals surface area contributed by atoms with Gasteiger partial charge in [-0.3, -0.25) is 4.79 Å². The van der Waals surface area contributed by atoms with Crippen molar-refractivity contribution in [2.75, 3.05) is 0 Å². The molecule has 1 N–H and O–H groups in total. The number of hydrogen-bond acceptors (Lipinski definition) is 2.